The fraction of sp³-hybridized carbons (Fsp3) is 0.286. The number of carbonyl (C=O) groups is 1. The fourth-order valence-electron chi connectivity index (χ4n) is 1.80. The number of nitrogens with zero attached hydrogens (tertiary/aromatic N) is 1. The number of hydrogen-bond donors (Lipinski definition) is 1. The molecule has 100 valence electrons. The SMILES string of the molecule is Cc1noc(C(C)C)c1C(=O)Nc1ccccc1Cl. The highest BCUT2D eigenvalue weighted by atomic mass is 35.5. The summed E-state index contributed by atoms with van der Waals surface area (Å²) in [7, 11) is 0. The Morgan fingerprint density at radius 1 is 1.37 bits per heavy atom. The molecule has 0 fully saturated rings. The lowest BCUT2D eigenvalue weighted by Crippen LogP contribution is -2.15. The maximum Gasteiger partial charge on any atom is 0.261 e. The van der Waals surface area contributed by atoms with Crippen LogP contribution in [0.1, 0.15) is 41.6 Å². The van der Waals surface area contributed by atoms with Gasteiger partial charge in [0.25, 0.3) is 5.91 Å². The van der Waals surface area contributed by atoms with E-state index in [0.717, 1.165) is 0 Å². The molecule has 0 atom stereocenters. The zero-order valence-corrected chi connectivity index (χ0v) is 11.8. The zero-order valence-electron chi connectivity index (χ0n) is 11.0. The molecule has 2 aromatic rings. The van der Waals surface area contributed by atoms with E-state index in [1.165, 1.54) is 0 Å². The van der Waals surface area contributed by atoms with Crippen LogP contribution in [0.5, 0.6) is 0 Å². The molecule has 0 saturated heterocycles. The Bertz CT molecular complexity index is 605. The molecule has 1 N–H and O–H groups in total. The maximum absolute atomic E-state index is 12.3. The molecule has 0 unspecified atom stereocenters. The van der Waals surface area contributed by atoms with Crippen LogP contribution in [-0.4, -0.2) is 11.1 Å². The summed E-state index contributed by atoms with van der Waals surface area (Å²) in [6, 6.07) is 7.09. The van der Waals surface area contributed by atoms with Gasteiger partial charge in [-0.3, -0.25) is 4.79 Å². The Labute approximate surface area is 116 Å². The number of para-hydroxylation sites is 1. The number of nitrogens with one attached hydrogen (secondary N) is 1. The minimum Gasteiger partial charge on any atom is -0.360 e. The molecule has 0 aliphatic heterocycles. The molecular weight excluding hydrogens is 264 g/mol. The Kier molecular flexibility index (Phi) is 3.90. The first-order chi connectivity index (χ1) is 9.00. The molecule has 0 saturated carbocycles. The minimum atomic E-state index is -0.254. The van der Waals surface area contributed by atoms with Crippen molar-refractivity contribution in [1.82, 2.24) is 5.16 Å². The molecule has 5 heteroatoms. The lowest BCUT2D eigenvalue weighted by Gasteiger charge is -2.08. The van der Waals surface area contributed by atoms with Crippen LogP contribution < -0.4 is 5.32 Å². The van der Waals surface area contributed by atoms with Crippen molar-refractivity contribution >= 4 is 23.2 Å². The first-order valence-electron chi connectivity index (χ1n) is 6.02. The molecule has 2 rings (SSSR count). The Hall–Kier alpha value is -1.81. The number of benzene rings is 1. The van der Waals surface area contributed by atoms with Crippen LogP contribution in [0.2, 0.25) is 5.02 Å². The van der Waals surface area contributed by atoms with Crippen LogP contribution in [0.3, 0.4) is 0 Å². The second-order valence-electron chi connectivity index (χ2n) is 4.60. The van der Waals surface area contributed by atoms with Crippen molar-refractivity contribution in [2.75, 3.05) is 5.32 Å². The average molecular weight is 279 g/mol. The van der Waals surface area contributed by atoms with Gasteiger partial charge in [0.2, 0.25) is 0 Å². The van der Waals surface area contributed by atoms with Crippen molar-refractivity contribution in [3.63, 3.8) is 0 Å². The third-order valence-corrected chi connectivity index (χ3v) is 3.09. The van der Waals surface area contributed by atoms with Gasteiger partial charge < -0.3 is 9.84 Å². The van der Waals surface area contributed by atoms with E-state index >= 15 is 0 Å². The second kappa shape index (κ2) is 5.45. The minimum absolute atomic E-state index is 0.0909. The smallest absolute Gasteiger partial charge is 0.261 e. The summed E-state index contributed by atoms with van der Waals surface area (Å²) >= 11 is 6.02. The molecule has 4 nitrogen and oxygen atoms in total. The van der Waals surface area contributed by atoms with Gasteiger partial charge in [-0.15, -0.1) is 0 Å². The lowest BCUT2D eigenvalue weighted by molar-refractivity contribution is 0.102. The summed E-state index contributed by atoms with van der Waals surface area (Å²) in [6.45, 7) is 5.65. The molecule has 0 radical (unpaired) electrons. The van der Waals surface area contributed by atoms with E-state index < -0.39 is 0 Å². The second-order valence-corrected chi connectivity index (χ2v) is 5.00. The van der Waals surface area contributed by atoms with Gasteiger partial charge >= 0.3 is 0 Å². The van der Waals surface area contributed by atoms with Gasteiger partial charge in [-0.05, 0) is 19.1 Å². The number of amides is 1. The van der Waals surface area contributed by atoms with Crippen LogP contribution in [-0.2, 0) is 0 Å². The first-order valence-corrected chi connectivity index (χ1v) is 6.40. The molecule has 0 aliphatic rings. The summed E-state index contributed by atoms with van der Waals surface area (Å²) in [5, 5.41) is 7.13. The van der Waals surface area contributed by atoms with Crippen molar-refractivity contribution in [3.8, 4) is 0 Å². The van der Waals surface area contributed by atoms with Gasteiger partial charge in [-0.1, -0.05) is 42.7 Å². The summed E-state index contributed by atoms with van der Waals surface area (Å²) in [5.74, 6) is 0.422. The van der Waals surface area contributed by atoms with Crippen molar-refractivity contribution in [3.05, 3.63) is 46.3 Å². The Morgan fingerprint density at radius 3 is 2.68 bits per heavy atom. The van der Waals surface area contributed by atoms with Gasteiger partial charge in [-0.25, -0.2) is 0 Å². The predicted octanol–water partition coefficient (Wildman–Crippen LogP) is 4.01. The molecule has 0 bridgehead atoms. The third-order valence-electron chi connectivity index (χ3n) is 2.76. The fourth-order valence-corrected chi connectivity index (χ4v) is 1.99. The number of rotatable bonds is 3. The van der Waals surface area contributed by atoms with E-state index in [2.05, 4.69) is 10.5 Å². The number of aromatic nitrogens is 1. The monoisotopic (exact) mass is 278 g/mol. The van der Waals surface area contributed by atoms with Gasteiger partial charge in [0.1, 0.15) is 5.56 Å². The number of halogens is 1. The highest BCUT2D eigenvalue weighted by Gasteiger charge is 2.22. The Balaban J connectivity index is 2.31. The number of hydrogen-bond acceptors (Lipinski definition) is 3. The highest BCUT2D eigenvalue weighted by Crippen LogP contribution is 2.25. The van der Waals surface area contributed by atoms with E-state index in [1.54, 1.807) is 19.1 Å². The van der Waals surface area contributed by atoms with Crippen molar-refractivity contribution in [2.24, 2.45) is 0 Å². The van der Waals surface area contributed by atoms with Gasteiger partial charge in [0, 0.05) is 5.92 Å². The van der Waals surface area contributed by atoms with Gasteiger partial charge in [0.15, 0.2) is 5.76 Å². The average Bonchev–Trinajstić information content (AvgIpc) is 2.74. The maximum atomic E-state index is 12.3. The normalized spacial score (nSPS) is 10.8. The number of carbonyl (C=O) groups excluding carboxylic acids is 1. The van der Waals surface area contributed by atoms with E-state index in [1.807, 2.05) is 26.0 Å². The lowest BCUT2D eigenvalue weighted by atomic mass is 10.0. The molecule has 19 heavy (non-hydrogen) atoms. The van der Waals surface area contributed by atoms with E-state index in [9.17, 15) is 4.79 Å². The quantitative estimate of drug-likeness (QED) is 0.923. The van der Waals surface area contributed by atoms with Gasteiger partial charge in [-0.2, -0.15) is 0 Å². The molecule has 0 spiro atoms. The molecule has 1 heterocycles. The van der Waals surface area contributed by atoms with Crippen LogP contribution in [0.25, 0.3) is 0 Å². The zero-order chi connectivity index (χ0) is 14.0. The van der Waals surface area contributed by atoms with Crippen LogP contribution >= 0.6 is 11.6 Å². The number of aryl methyl sites for hydroxylation is 1. The highest BCUT2D eigenvalue weighted by molar-refractivity contribution is 6.33. The molecule has 0 aliphatic carbocycles. The first kappa shape index (κ1) is 13.6. The number of anilines is 1. The van der Waals surface area contributed by atoms with E-state index in [4.69, 9.17) is 16.1 Å². The molecule has 1 aromatic carbocycles. The summed E-state index contributed by atoms with van der Waals surface area (Å²) in [5.41, 5.74) is 1.63. The largest absolute Gasteiger partial charge is 0.360 e. The summed E-state index contributed by atoms with van der Waals surface area (Å²) < 4.78 is 5.20. The topological polar surface area (TPSA) is 55.1 Å². The third kappa shape index (κ3) is 2.79. The molecule has 1 aromatic heterocycles. The van der Waals surface area contributed by atoms with Crippen molar-refractivity contribution in [1.29, 1.82) is 0 Å². The van der Waals surface area contributed by atoms with Crippen LogP contribution in [0.4, 0.5) is 5.69 Å². The summed E-state index contributed by atoms with van der Waals surface area (Å²) in [4.78, 5) is 12.3. The van der Waals surface area contributed by atoms with E-state index in [-0.39, 0.29) is 11.8 Å². The van der Waals surface area contributed by atoms with E-state index in [0.29, 0.717) is 27.7 Å². The van der Waals surface area contributed by atoms with Crippen LogP contribution in [0, 0.1) is 6.92 Å². The predicted molar refractivity (Wildman–Crippen MR) is 74.7 cm³/mol. The standard InChI is InChI=1S/C14H15ClN2O2/c1-8(2)13-12(9(3)17-19-13)14(18)16-11-7-5-4-6-10(11)15/h4-8H,1-3H3,(H,16,18). The molecule has 1 amide bonds. The summed E-state index contributed by atoms with van der Waals surface area (Å²) in [6.07, 6.45) is 0. The molecular formula is C14H15ClN2O2. The van der Waals surface area contributed by atoms with Crippen molar-refractivity contribution in [2.45, 2.75) is 26.7 Å². The van der Waals surface area contributed by atoms with Crippen molar-refractivity contribution < 1.29 is 9.32 Å². The van der Waals surface area contributed by atoms with Crippen LogP contribution in [0.15, 0.2) is 28.8 Å². The van der Waals surface area contributed by atoms with Gasteiger partial charge in [0.05, 0.1) is 16.4 Å². The Morgan fingerprint density at radius 2 is 2.05 bits per heavy atom.